The smallest absolute Gasteiger partial charge is 0.469 e. The normalized spacial score (nSPS) is 9.50. The third-order valence-electron chi connectivity index (χ3n) is 1.19. The Morgan fingerprint density at radius 2 is 1.83 bits per heavy atom. The first-order valence-corrected chi connectivity index (χ1v) is 3.44. The zero-order valence-electron chi connectivity index (χ0n) is 6.38. The number of ether oxygens (including phenoxy) is 1. The van der Waals surface area contributed by atoms with Gasteiger partial charge in [-0.05, 0) is 12.1 Å². The van der Waals surface area contributed by atoms with E-state index in [0.29, 0.717) is 5.75 Å². The fraction of sp³-hybridized carbons (Fsp3) is 0.143. The lowest BCUT2D eigenvalue weighted by Gasteiger charge is -2.05. The highest BCUT2D eigenvalue weighted by Crippen LogP contribution is 2.07. The molecule has 0 spiro atoms. The van der Waals surface area contributed by atoms with Crippen molar-refractivity contribution in [3.8, 4) is 5.75 Å². The third-order valence-corrected chi connectivity index (χ3v) is 1.19. The van der Waals surface area contributed by atoms with Gasteiger partial charge < -0.3 is 19.4 Å². The maximum absolute atomic E-state index is 8.28. The molecule has 0 heterocycles. The molecule has 0 aromatic heterocycles. The van der Waals surface area contributed by atoms with Gasteiger partial charge in [-0.25, -0.2) is 0 Å². The minimum Gasteiger partial charge on any atom is -0.469 e. The van der Waals surface area contributed by atoms with Gasteiger partial charge in [0.1, 0.15) is 5.75 Å². The van der Waals surface area contributed by atoms with Gasteiger partial charge in [0, 0.05) is 0 Å². The topological polar surface area (TPSA) is 58.9 Å². The predicted molar refractivity (Wildman–Crippen MR) is 43.2 cm³/mol. The van der Waals surface area contributed by atoms with Crippen LogP contribution in [0.5, 0.6) is 5.75 Å². The average molecular weight is 168 g/mol. The van der Waals surface area contributed by atoms with E-state index in [-0.39, 0.29) is 6.79 Å². The lowest BCUT2D eigenvalue weighted by Crippen LogP contribution is -2.19. The van der Waals surface area contributed by atoms with Crippen LogP contribution < -0.4 is 4.74 Å². The van der Waals surface area contributed by atoms with Crippen LogP contribution in [0.4, 0.5) is 0 Å². The van der Waals surface area contributed by atoms with Gasteiger partial charge in [-0.3, -0.25) is 0 Å². The Morgan fingerprint density at radius 3 is 2.42 bits per heavy atom. The second kappa shape index (κ2) is 4.76. The first kappa shape index (κ1) is 9.06. The quantitative estimate of drug-likeness (QED) is 0.491. The molecule has 64 valence electrons. The van der Waals surface area contributed by atoms with Gasteiger partial charge >= 0.3 is 7.32 Å². The summed E-state index contributed by atoms with van der Waals surface area (Å²) in [5.41, 5.74) is 0. The molecule has 0 fully saturated rings. The molecule has 1 aromatic rings. The molecule has 4 nitrogen and oxygen atoms in total. The SMILES string of the molecule is OB(O)OCOc1ccccc1. The van der Waals surface area contributed by atoms with Crippen molar-refractivity contribution in [2.75, 3.05) is 6.79 Å². The van der Waals surface area contributed by atoms with Crippen molar-refractivity contribution in [3.05, 3.63) is 30.3 Å². The van der Waals surface area contributed by atoms with Crippen molar-refractivity contribution in [3.63, 3.8) is 0 Å². The minimum atomic E-state index is -1.78. The monoisotopic (exact) mass is 168 g/mol. The van der Waals surface area contributed by atoms with E-state index in [2.05, 4.69) is 4.65 Å². The molecule has 0 bridgehead atoms. The minimum absolute atomic E-state index is 0.179. The second-order valence-corrected chi connectivity index (χ2v) is 2.07. The van der Waals surface area contributed by atoms with Gasteiger partial charge in [-0.15, -0.1) is 0 Å². The molecule has 0 aliphatic rings. The molecule has 5 heteroatoms. The molecule has 0 atom stereocenters. The molecule has 12 heavy (non-hydrogen) atoms. The van der Waals surface area contributed by atoms with Gasteiger partial charge in [-0.1, -0.05) is 18.2 Å². The molecule has 0 aliphatic carbocycles. The molecule has 0 amide bonds. The molecular weight excluding hydrogens is 159 g/mol. The Balaban J connectivity index is 2.25. The predicted octanol–water partition coefficient (Wildman–Crippen LogP) is 0.00900. The highest BCUT2D eigenvalue weighted by molar-refractivity contribution is 6.32. The average Bonchev–Trinajstić information content (AvgIpc) is 2.05. The number of benzene rings is 1. The third kappa shape index (κ3) is 3.38. The van der Waals surface area contributed by atoms with E-state index < -0.39 is 7.32 Å². The summed E-state index contributed by atoms with van der Waals surface area (Å²) in [5.74, 6) is 0.623. The zero-order valence-corrected chi connectivity index (χ0v) is 6.38. The molecule has 0 aliphatic heterocycles. The Labute approximate surface area is 70.5 Å². The molecule has 0 unspecified atom stereocenters. The van der Waals surface area contributed by atoms with Gasteiger partial charge in [0.05, 0.1) is 0 Å². The van der Waals surface area contributed by atoms with Crippen LogP contribution in [0.1, 0.15) is 0 Å². The Hall–Kier alpha value is -1.04. The molecular formula is C7H9BO4. The highest BCUT2D eigenvalue weighted by Gasteiger charge is 2.07. The fourth-order valence-electron chi connectivity index (χ4n) is 0.680. The molecule has 2 N–H and O–H groups in total. The Bertz CT molecular complexity index is 214. The maximum atomic E-state index is 8.28. The van der Waals surface area contributed by atoms with E-state index in [1.54, 1.807) is 12.1 Å². The number of para-hydroxylation sites is 1. The van der Waals surface area contributed by atoms with Crippen molar-refractivity contribution in [2.45, 2.75) is 0 Å². The van der Waals surface area contributed by atoms with Gasteiger partial charge in [-0.2, -0.15) is 0 Å². The number of hydrogen-bond donors (Lipinski definition) is 2. The largest absolute Gasteiger partial charge is 0.636 e. The van der Waals surface area contributed by atoms with Crippen LogP contribution in [0.25, 0.3) is 0 Å². The Kier molecular flexibility index (Phi) is 3.60. The first-order valence-electron chi connectivity index (χ1n) is 3.44. The molecule has 1 rings (SSSR count). The first-order chi connectivity index (χ1) is 5.79. The van der Waals surface area contributed by atoms with E-state index in [9.17, 15) is 0 Å². The van der Waals surface area contributed by atoms with Crippen LogP contribution in [-0.2, 0) is 4.65 Å². The lowest BCUT2D eigenvalue weighted by molar-refractivity contribution is 0.0703. The molecule has 0 saturated carbocycles. The van der Waals surface area contributed by atoms with Crippen LogP contribution in [0.2, 0.25) is 0 Å². The summed E-state index contributed by atoms with van der Waals surface area (Å²) >= 11 is 0. The van der Waals surface area contributed by atoms with E-state index in [0.717, 1.165) is 0 Å². The molecule has 1 aromatic carbocycles. The number of hydrogen-bond acceptors (Lipinski definition) is 4. The van der Waals surface area contributed by atoms with Crippen molar-refractivity contribution >= 4 is 7.32 Å². The molecule has 0 radical (unpaired) electrons. The fourth-order valence-corrected chi connectivity index (χ4v) is 0.680. The van der Waals surface area contributed by atoms with Gasteiger partial charge in [0.25, 0.3) is 0 Å². The zero-order chi connectivity index (χ0) is 8.81. The second-order valence-electron chi connectivity index (χ2n) is 2.07. The Morgan fingerprint density at radius 1 is 1.17 bits per heavy atom. The molecule has 0 saturated heterocycles. The highest BCUT2D eigenvalue weighted by atomic mass is 16.7. The summed E-state index contributed by atoms with van der Waals surface area (Å²) in [4.78, 5) is 0. The summed E-state index contributed by atoms with van der Waals surface area (Å²) in [6.45, 7) is -0.179. The number of rotatable bonds is 4. The summed E-state index contributed by atoms with van der Waals surface area (Å²) in [6.07, 6.45) is 0. The van der Waals surface area contributed by atoms with Gasteiger partial charge in [0.15, 0.2) is 6.79 Å². The summed E-state index contributed by atoms with van der Waals surface area (Å²) < 4.78 is 9.31. The van der Waals surface area contributed by atoms with Crippen LogP contribution in [0.15, 0.2) is 30.3 Å². The van der Waals surface area contributed by atoms with Crippen molar-refractivity contribution in [1.82, 2.24) is 0 Å². The van der Waals surface area contributed by atoms with Gasteiger partial charge in [0.2, 0.25) is 0 Å². The van der Waals surface area contributed by atoms with Crippen molar-refractivity contribution < 1.29 is 19.4 Å². The van der Waals surface area contributed by atoms with Crippen molar-refractivity contribution in [1.29, 1.82) is 0 Å². The van der Waals surface area contributed by atoms with Crippen LogP contribution >= 0.6 is 0 Å². The van der Waals surface area contributed by atoms with Crippen LogP contribution in [-0.4, -0.2) is 24.2 Å². The summed E-state index contributed by atoms with van der Waals surface area (Å²) in [7, 11) is -1.78. The van der Waals surface area contributed by atoms with E-state index in [1.165, 1.54) is 0 Å². The van der Waals surface area contributed by atoms with Crippen LogP contribution in [0.3, 0.4) is 0 Å². The van der Waals surface area contributed by atoms with Crippen LogP contribution in [0, 0.1) is 0 Å². The van der Waals surface area contributed by atoms with E-state index in [4.69, 9.17) is 14.8 Å². The van der Waals surface area contributed by atoms with E-state index in [1.807, 2.05) is 18.2 Å². The van der Waals surface area contributed by atoms with E-state index >= 15 is 0 Å². The maximum Gasteiger partial charge on any atom is 0.636 e. The summed E-state index contributed by atoms with van der Waals surface area (Å²) in [5, 5.41) is 16.6. The lowest BCUT2D eigenvalue weighted by atomic mass is 10.3. The van der Waals surface area contributed by atoms with Crippen molar-refractivity contribution in [2.24, 2.45) is 0 Å². The standard InChI is InChI=1S/C7H9BO4/c9-8(10)12-6-11-7-4-2-1-3-5-7/h1-5,9-10H,6H2. The summed E-state index contributed by atoms with van der Waals surface area (Å²) in [6, 6.07) is 8.96.